The van der Waals surface area contributed by atoms with E-state index in [1.165, 1.54) is 18.2 Å². The molecule has 1 fully saturated rings. The third kappa shape index (κ3) is 2.26. The van der Waals surface area contributed by atoms with Crippen LogP contribution in [0.25, 0.3) is 0 Å². The highest BCUT2D eigenvalue weighted by molar-refractivity contribution is 6.06. The highest BCUT2D eigenvalue weighted by Crippen LogP contribution is 2.30. The molecular formula is C16H15FN2O3. The fourth-order valence-corrected chi connectivity index (χ4v) is 2.53. The summed E-state index contributed by atoms with van der Waals surface area (Å²) < 4.78 is 18.7. The maximum absolute atomic E-state index is 13.2. The van der Waals surface area contributed by atoms with E-state index in [0.29, 0.717) is 17.1 Å². The lowest BCUT2D eigenvalue weighted by molar-refractivity contribution is -0.132. The van der Waals surface area contributed by atoms with Crippen LogP contribution in [0.4, 0.5) is 9.18 Å². The normalized spacial score (nSPS) is 21.3. The quantitative estimate of drug-likeness (QED) is 0.887. The van der Waals surface area contributed by atoms with Crippen LogP contribution in [0.1, 0.15) is 24.0 Å². The van der Waals surface area contributed by atoms with Gasteiger partial charge < -0.3 is 9.73 Å². The number of carbonyl (C=O) groups excluding carboxylic acids is 2. The Kier molecular flexibility index (Phi) is 3.24. The number of rotatable bonds is 3. The highest BCUT2D eigenvalue weighted by atomic mass is 19.1. The maximum atomic E-state index is 13.2. The average molecular weight is 302 g/mol. The largest absolute Gasteiger partial charge is 0.463 e. The van der Waals surface area contributed by atoms with Gasteiger partial charge in [-0.3, -0.25) is 9.69 Å². The van der Waals surface area contributed by atoms with E-state index in [0.717, 1.165) is 4.90 Å². The minimum atomic E-state index is -1.24. The van der Waals surface area contributed by atoms with E-state index < -0.39 is 23.3 Å². The van der Waals surface area contributed by atoms with Crippen LogP contribution in [0.2, 0.25) is 0 Å². The van der Waals surface area contributed by atoms with Crippen molar-refractivity contribution in [2.75, 3.05) is 0 Å². The van der Waals surface area contributed by atoms with Gasteiger partial charge in [-0.25, -0.2) is 9.18 Å². The molecule has 114 valence electrons. The van der Waals surface area contributed by atoms with Gasteiger partial charge in [0.2, 0.25) is 0 Å². The van der Waals surface area contributed by atoms with Crippen LogP contribution in [0.5, 0.6) is 0 Å². The first-order valence-electron chi connectivity index (χ1n) is 6.85. The molecule has 1 aromatic heterocycles. The van der Waals surface area contributed by atoms with Gasteiger partial charge in [-0.2, -0.15) is 0 Å². The first kappa shape index (κ1) is 14.3. The smallest absolute Gasteiger partial charge is 0.325 e. The number of hydrogen-bond acceptors (Lipinski definition) is 3. The van der Waals surface area contributed by atoms with E-state index in [-0.39, 0.29) is 6.54 Å². The van der Waals surface area contributed by atoms with Crippen molar-refractivity contribution < 1.29 is 18.4 Å². The Morgan fingerprint density at radius 1 is 1.27 bits per heavy atom. The molecule has 2 heterocycles. The predicted molar refractivity (Wildman–Crippen MR) is 76.3 cm³/mol. The first-order chi connectivity index (χ1) is 10.4. The molecule has 1 aliphatic rings. The standard InChI is InChI=1S/C16H15FN2O3/c1-10-6-7-13(22-10)16(2)14(20)19(15(21)18-16)9-11-4-3-5-12(17)8-11/h3-8H,9H2,1-2H3,(H,18,21)/t16-/m0/s1. The van der Waals surface area contributed by atoms with Gasteiger partial charge in [0.05, 0.1) is 6.54 Å². The molecular weight excluding hydrogens is 287 g/mol. The lowest BCUT2D eigenvalue weighted by atomic mass is 9.99. The molecule has 0 spiro atoms. The summed E-state index contributed by atoms with van der Waals surface area (Å²) in [7, 11) is 0. The number of halogens is 1. The number of aryl methyl sites for hydroxylation is 1. The molecule has 6 heteroatoms. The average Bonchev–Trinajstić information content (AvgIpc) is 2.98. The molecule has 2 aromatic rings. The third-order valence-electron chi connectivity index (χ3n) is 3.74. The van der Waals surface area contributed by atoms with E-state index in [2.05, 4.69) is 5.32 Å². The zero-order valence-electron chi connectivity index (χ0n) is 12.2. The number of furan rings is 1. The molecule has 0 bridgehead atoms. The van der Waals surface area contributed by atoms with E-state index in [4.69, 9.17) is 4.42 Å². The number of benzene rings is 1. The number of amides is 3. The van der Waals surface area contributed by atoms with E-state index in [9.17, 15) is 14.0 Å². The Morgan fingerprint density at radius 3 is 2.68 bits per heavy atom. The number of nitrogens with zero attached hydrogens (tertiary/aromatic N) is 1. The van der Waals surface area contributed by atoms with Crippen molar-refractivity contribution >= 4 is 11.9 Å². The summed E-state index contributed by atoms with van der Waals surface area (Å²) in [5.41, 5.74) is -0.693. The Balaban J connectivity index is 1.88. The van der Waals surface area contributed by atoms with Crippen molar-refractivity contribution in [2.24, 2.45) is 0 Å². The Morgan fingerprint density at radius 2 is 2.05 bits per heavy atom. The van der Waals surface area contributed by atoms with Gasteiger partial charge in [-0.05, 0) is 43.7 Å². The fourth-order valence-electron chi connectivity index (χ4n) is 2.53. The highest BCUT2D eigenvalue weighted by Gasteiger charge is 2.51. The molecule has 3 rings (SSSR count). The predicted octanol–water partition coefficient (Wildman–Crippen LogP) is 2.69. The Labute approximate surface area is 126 Å². The van der Waals surface area contributed by atoms with Crippen molar-refractivity contribution in [3.63, 3.8) is 0 Å². The van der Waals surface area contributed by atoms with Crippen molar-refractivity contribution in [1.82, 2.24) is 10.2 Å². The number of nitrogens with one attached hydrogen (secondary N) is 1. The Hall–Kier alpha value is -2.63. The summed E-state index contributed by atoms with van der Waals surface area (Å²) >= 11 is 0. The Bertz CT molecular complexity index is 755. The third-order valence-corrected chi connectivity index (χ3v) is 3.74. The lowest BCUT2D eigenvalue weighted by Gasteiger charge is -2.19. The first-order valence-corrected chi connectivity index (χ1v) is 6.85. The van der Waals surface area contributed by atoms with Crippen LogP contribution in [0, 0.1) is 12.7 Å². The van der Waals surface area contributed by atoms with E-state index in [1.54, 1.807) is 32.0 Å². The molecule has 0 radical (unpaired) electrons. The van der Waals surface area contributed by atoms with Crippen molar-refractivity contribution in [3.8, 4) is 0 Å². The summed E-state index contributed by atoms with van der Waals surface area (Å²) in [4.78, 5) is 25.8. The molecule has 1 atom stereocenters. The van der Waals surface area contributed by atoms with Gasteiger partial charge in [-0.1, -0.05) is 12.1 Å². The summed E-state index contributed by atoms with van der Waals surface area (Å²) in [6.07, 6.45) is 0. The SMILES string of the molecule is Cc1ccc([C@]2(C)NC(=O)N(Cc3cccc(F)c3)C2=O)o1. The van der Waals surface area contributed by atoms with Crippen LogP contribution in [0.15, 0.2) is 40.8 Å². The van der Waals surface area contributed by atoms with E-state index >= 15 is 0 Å². The topological polar surface area (TPSA) is 62.6 Å². The van der Waals surface area contributed by atoms with Crippen LogP contribution in [0.3, 0.4) is 0 Å². The van der Waals surface area contributed by atoms with Crippen molar-refractivity contribution in [1.29, 1.82) is 0 Å². The van der Waals surface area contributed by atoms with Crippen LogP contribution in [-0.2, 0) is 16.9 Å². The number of hydrogen-bond donors (Lipinski definition) is 1. The second-order valence-corrected chi connectivity index (χ2v) is 5.49. The molecule has 1 saturated heterocycles. The number of imide groups is 1. The summed E-state index contributed by atoms with van der Waals surface area (Å²) in [5.74, 6) is 0.206. The number of carbonyl (C=O) groups is 2. The molecule has 3 amide bonds. The zero-order chi connectivity index (χ0) is 15.9. The molecule has 0 unspecified atom stereocenters. The van der Waals surface area contributed by atoms with Gasteiger partial charge >= 0.3 is 6.03 Å². The van der Waals surface area contributed by atoms with Crippen LogP contribution >= 0.6 is 0 Å². The summed E-state index contributed by atoms with van der Waals surface area (Å²) in [6, 6.07) is 8.69. The van der Waals surface area contributed by atoms with Crippen LogP contribution in [-0.4, -0.2) is 16.8 Å². The molecule has 1 aromatic carbocycles. The fraction of sp³-hybridized carbons (Fsp3) is 0.250. The lowest BCUT2D eigenvalue weighted by Crippen LogP contribution is -2.40. The summed E-state index contributed by atoms with van der Waals surface area (Å²) in [5, 5.41) is 2.64. The number of urea groups is 1. The zero-order valence-corrected chi connectivity index (χ0v) is 12.2. The van der Waals surface area contributed by atoms with Gasteiger partial charge in [0.1, 0.15) is 17.3 Å². The summed E-state index contributed by atoms with van der Waals surface area (Å²) in [6.45, 7) is 3.37. The second kappa shape index (κ2) is 4.98. The molecule has 0 saturated carbocycles. The van der Waals surface area contributed by atoms with Crippen LogP contribution < -0.4 is 5.32 Å². The van der Waals surface area contributed by atoms with Gasteiger partial charge in [0, 0.05) is 0 Å². The van der Waals surface area contributed by atoms with Gasteiger partial charge in [-0.15, -0.1) is 0 Å². The van der Waals surface area contributed by atoms with E-state index in [1.807, 2.05) is 0 Å². The molecule has 22 heavy (non-hydrogen) atoms. The minimum absolute atomic E-state index is 0.0116. The minimum Gasteiger partial charge on any atom is -0.463 e. The van der Waals surface area contributed by atoms with Gasteiger partial charge in [0.15, 0.2) is 5.54 Å². The van der Waals surface area contributed by atoms with Crippen molar-refractivity contribution in [3.05, 3.63) is 59.3 Å². The molecule has 1 aliphatic heterocycles. The molecule has 5 nitrogen and oxygen atoms in total. The monoisotopic (exact) mass is 302 g/mol. The molecule has 0 aliphatic carbocycles. The van der Waals surface area contributed by atoms with Crippen molar-refractivity contribution in [2.45, 2.75) is 25.9 Å². The molecule has 1 N–H and O–H groups in total. The van der Waals surface area contributed by atoms with Gasteiger partial charge in [0.25, 0.3) is 5.91 Å². The maximum Gasteiger partial charge on any atom is 0.325 e. The second-order valence-electron chi connectivity index (χ2n) is 5.49.